The molecule has 6 heteroatoms. The lowest BCUT2D eigenvalue weighted by Gasteiger charge is -2.10. The van der Waals surface area contributed by atoms with Crippen molar-refractivity contribution in [3.05, 3.63) is 11.4 Å². The molecule has 1 aromatic heterocycles. The van der Waals surface area contributed by atoms with Crippen LogP contribution < -0.4 is 15.2 Å². The quantitative estimate of drug-likeness (QED) is 0.801. The van der Waals surface area contributed by atoms with Crippen molar-refractivity contribution >= 4 is 5.84 Å². The van der Waals surface area contributed by atoms with Gasteiger partial charge in [-0.1, -0.05) is 0 Å². The molecule has 0 fully saturated rings. The highest BCUT2D eigenvalue weighted by Gasteiger charge is 2.21. The number of amidine groups is 1. The molecule has 0 saturated carbocycles. The molecular formula is C10H14N4O2. The van der Waals surface area contributed by atoms with Crippen LogP contribution in [0.2, 0.25) is 0 Å². The van der Waals surface area contributed by atoms with Crippen molar-refractivity contribution in [2.24, 2.45) is 10.7 Å². The van der Waals surface area contributed by atoms with Gasteiger partial charge < -0.3 is 15.2 Å². The molecule has 0 atom stereocenters. The van der Waals surface area contributed by atoms with E-state index in [2.05, 4.69) is 15.0 Å². The number of hydrogen-bond donors (Lipinski definition) is 1. The minimum atomic E-state index is 0.378. The lowest BCUT2D eigenvalue weighted by molar-refractivity contribution is 0.268. The zero-order chi connectivity index (χ0) is 11.5. The molecule has 86 valence electrons. The van der Waals surface area contributed by atoms with Crippen LogP contribution in [0.3, 0.4) is 0 Å². The van der Waals surface area contributed by atoms with Gasteiger partial charge in [0, 0.05) is 0 Å². The van der Waals surface area contributed by atoms with Gasteiger partial charge in [-0.3, -0.25) is 4.99 Å². The van der Waals surface area contributed by atoms with Crippen LogP contribution in [0.15, 0.2) is 4.99 Å². The number of aromatic nitrogens is 2. The highest BCUT2D eigenvalue weighted by molar-refractivity contribution is 5.98. The van der Waals surface area contributed by atoms with E-state index in [0.717, 1.165) is 5.69 Å². The van der Waals surface area contributed by atoms with Gasteiger partial charge in [-0.25, -0.2) is 9.97 Å². The molecule has 0 spiro atoms. The summed E-state index contributed by atoms with van der Waals surface area (Å²) in [7, 11) is 0. The molecule has 0 unspecified atom stereocenters. The molecular weight excluding hydrogens is 208 g/mol. The van der Waals surface area contributed by atoms with Crippen molar-refractivity contribution in [3.63, 3.8) is 0 Å². The van der Waals surface area contributed by atoms with Crippen LogP contribution in [0.25, 0.3) is 0 Å². The first-order chi connectivity index (χ1) is 7.76. The van der Waals surface area contributed by atoms with E-state index in [1.165, 1.54) is 0 Å². The fraction of sp³-hybridized carbons (Fsp3) is 0.500. The summed E-state index contributed by atoms with van der Waals surface area (Å²) in [6, 6.07) is 0. The van der Waals surface area contributed by atoms with Crippen molar-refractivity contribution in [2.75, 3.05) is 13.2 Å². The Kier molecular flexibility index (Phi) is 2.89. The summed E-state index contributed by atoms with van der Waals surface area (Å²) < 4.78 is 10.7. The van der Waals surface area contributed by atoms with Gasteiger partial charge in [0.15, 0.2) is 0 Å². The smallest absolute Gasteiger partial charge is 0.278 e. The standard InChI is InChI=1S/C10H14N4O2/c1-3-15-9-10(16-4-2)14-7-6(13-9)5-12-8(7)11/h3-5H2,1-2H3,(H2,11,12). The van der Waals surface area contributed by atoms with Crippen molar-refractivity contribution < 1.29 is 9.47 Å². The minimum Gasteiger partial charge on any atom is -0.474 e. The zero-order valence-corrected chi connectivity index (χ0v) is 9.36. The van der Waals surface area contributed by atoms with Crippen molar-refractivity contribution in [1.29, 1.82) is 0 Å². The van der Waals surface area contributed by atoms with E-state index >= 15 is 0 Å². The first-order valence-electron chi connectivity index (χ1n) is 5.23. The topological polar surface area (TPSA) is 82.6 Å². The first kappa shape index (κ1) is 10.7. The van der Waals surface area contributed by atoms with Crippen LogP contribution >= 0.6 is 0 Å². The number of fused-ring (bicyclic) bond motifs is 1. The molecule has 0 radical (unpaired) electrons. The van der Waals surface area contributed by atoms with E-state index in [1.54, 1.807) is 0 Å². The second kappa shape index (κ2) is 4.34. The Hall–Kier alpha value is -1.85. The Labute approximate surface area is 93.5 Å². The monoisotopic (exact) mass is 222 g/mol. The molecule has 0 saturated heterocycles. The lowest BCUT2D eigenvalue weighted by atomic mass is 10.3. The highest BCUT2D eigenvalue weighted by atomic mass is 16.5. The van der Waals surface area contributed by atoms with Crippen LogP contribution in [-0.2, 0) is 6.54 Å². The molecule has 1 aliphatic heterocycles. The fourth-order valence-corrected chi connectivity index (χ4v) is 1.45. The van der Waals surface area contributed by atoms with Crippen LogP contribution in [0, 0.1) is 0 Å². The molecule has 6 nitrogen and oxygen atoms in total. The van der Waals surface area contributed by atoms with E-state index in [9.17, 15) is 0 Å². The lowest BCUT2D eigenvalue weighted by Crippen LogP contribution is -2.15. The van der Waals surface area contributed by atoms with Crippen molar-refractivity contribution in [2.45, 2.75) is 20.4 Å². The Bertz CT molecular complexity index is 431. The molecule has 2 N–H and O–H groups in total. The van der Waals surface area contributed by atoms with Crippen molar-refractivity contribution in [3.8, 4) is 11.8 Å². The van der Waals surface area contributed by atoms with Gasteiger partial charge in [0.1, 0.15) is 11.5 Å². The number of nitrogens with zero attached hydrogens (tertiary/aromatic N) is 3. The average Bonchev–Trinajstić information content (AvgIpc) is 2.62. The molecule has 0 aromatic carbocycles. The summed E-state index contributed by atoms with van der Waals surface area (Å²) in [5.41, 5.74) is 7.03. The third-order valence-corrected chi connectivity index (χ3v) is 2.11. The predicted molar refractivity (Wildman–Crippen MR) is 58.8 cm³/mol. The van der Waals surface area contributed by atoms with Gasteiger partial charge in [0.2, 0.25) is 0 Å². The van der Waals surface area contributed by atoms with Gasteiger partial charge in [-0.15, -0.1) is 0 Å². The minimum absolute atomic E-state index is 0.378. The molecule has 1 aromatic rings. The van der Waals surface area contributed by atoms with Gasteiger partial charge in [-0.2, -0.15) is 0 Å². The third-order valence-electron chi connectivity index (χ3n) is 2.11. The largest absolute Gasteiger partial charge is 0.474 e. The van der Waals surface area contributed by atoms with Crippen LogP contribution in [-0.4, -0.2) is 29.0 Å². The first-order valence-corrected chi connectivity index (χ1v) is 5.23. The molecule has 1 aliphatic rings. The van der Waals surface area contributed by atoms with Gasteiger partial charge in [-0.05, 0) is 13.8 Å². The van der Waals surface area contributed by atoms with Gasteiger partial charge in [0.25, 0.3) is 11.8 Å². The molecule has 2 rings (SSSR count). The fourth-order valence-electron chi connectivity index (χ4n) is 1.45. The van der Waals surface area contributed by atoms with E-state index in [-0.39, 0.29) is 0 Å². The summed E-state index contributed by atoms with van der Waals surface area (Å²) >= 11 is 0. The summed E-state index contributed by atoms with van der Waals surface area (Å²) in [5, 5.41) is 0. The maximum atomic E-state index is 5.69. The normalized spacial score (nSPS) is 13.2. The second-order valence-corrected chi connectivity index (χ2v) is 3.20. The Morgan fingerprint density at radius 3 is 2.38 bits per heavy atom. The third kappa shape index (κ3) is 1.78. The van der Waals surface area contributed by atoms with Crippen LogP contribution in [0.1, 0.15) is 25.2 Å². The summed E-state index contributed by atoms with van der Waals surface area (Å²) in [6.45, 7) is 5.24. The van der Waals surface area contributed by atoms with Crippen LogP contribution in [0.4, 0.5) is 0 Å². The molecule has 0 amide bonds. The Morgan fingerprint density at radius 1 is 1.12 bits per heavy atom. The highest BCUT2D eigenvalue weighted by Crippen LogP contribution is 2.26. The number of rotatable bonds is 4. The second-order valence-electron chi connectivity index (χ2n) is 3.20. The van der Waals surface area contributed by atoms with E-state index in [1.807, 2.05) is 13.8 Å². The number of hydrogen-bond acceptors (Lipinski definition) is 6. The summed E-state index contributed by atoms with van der Waals surface area (Å²) in [6.07, 6.45) is 0. The molecule has 0 bridgehead atoms. The Balaban J connectivity index is 2.40. The summed E-state index contributed by atoms with van der Waals surface area (Å²) in [5.74, 6) is 1.20. The summed E-state index contributed by atoms with van der Waals surface area (Å²) in [4.78, 5) is 12.6. The molecule has 16 heavy (non-hydrogen) atoms. The molecule has 0 aliphatic carbocycles. The molecule has 2 heterocycles. The van der Waals surface area contributed by atoms with Gasteiger partial charge in [0.05, 0.1) is 25.5 Å². The maximum absolute atomic E-state index is 5.69. The maximum Gasteiger partial charge on any atom is 0.278 e. The SMILES string of the molecule is CCOc1nc2c(nc1OCC)C(N)=NC2. The van der Waals surface area contributed by atoms with Crippen LogP contribution in [0.5, 0.6) is 11.8 Å². The van der Waals surface area contributed by atoms with E-state index in [0.29, 0.717) is 43.0 Å². The van der Waals surface area contributed by atoms with Gasteiger partial charge >= 0.3 is 0 Å². The number of ether oxygens (including phenoxy) is 2. The Morgan fingerprint density at radius 2 is 1.75 bits per heavy atom. The van der Waals surface area contributed by atoms with E-state index in [4.69, 9.17) is 15.2 Å². The van der Waals surface area contributed by atoms with E-state index < -0.39 is 0 Å². The number of nitrogens with two attached hydrogens (primary N) is 1. The number of aliphatic imine (C=N–C) groups is 1. The zero-order valence-electron chi connectivity index (χ0n) is 9.36. The van der Waals surface area contributed by atoms with Crippen molar-refractivity contribution in [1.82, 2.24) is 9.97 Å². The predicted octanol–water partition coefficient (Wildman–Crippen LogP) is 0.493. The average molecular weight is 222 g/mol.